The Kier molecular flexibility index (Phi) is 9.22. The van der Waals surface area contributed by atoms with Gasteiger partial charge >= 0.3 is 5.97 Å². The highest BCUT2D eigenvalue weighted by molar-refractivity contribution is 5.91. The number of carbonyl (C=O) groups excluding carboxylic acids is 3. The third-order valence-electron chi connectivity index (χ3n) is 7.46. The summed E-state index contributed by atoms with van der Waals surface area (Å²) < 4.78 is 5.49. The molecule has 2 N–H and O–H groups in total. The van der Waals surface area contributed by atoms with Crippen LogP contribution in [-0.2, 0) is 32.0 Å². The number of fused-ring (bicyclic) bond motifs is 1. The summed E-state index contributed by atoms with van der Waals surface area (Å²) in [5, 5.41) is 5.95. The van der Waals surface area contributed by atoms with Crippen LogP contribution < -0.4 is 10.6 Å². The SMILES string of the molecule is O=C(COC(=O)[C@H](Cc1ccccc1)NC(=O)C(c1ccccc1)c1ccccc1)N[C@H]1CCCc2ccccc21. The number of ether oxygens (including phenoxy) is 1. The quantitative estimate of drug-likeness (QED) is 0.265. The number of amides is 2. The maximum absolute atomic E-state index is 13.8. The van der Waals surface area contributed by atoms with Crippen molar-refractivity contribution in [3.8, 4) is 0 Å². The van der Waals surface area contributed by atoms with Crippen molar-refractivity contribution in [2.45, 2.75) is 43.7 Å². The average molecular weight is 547 g/mol. The zero-order valence-electron chi connectivity index (χ0n) is 22.9. The second-order valence-electron chi connectivity index (χ2n) is 10.3. The molecule has 4 aromatic carbocycles. The molecule has 0 saturated carbocycles. The number of aryl methyl sites for hydroxylation is 1. The van der Waals surface area contributed by atoms with Crippen molar-refractivity contribution >= 4 is 17.8 Å². The Morgan fingerprint density at radius 2 is 1.34 bits per heavy atom. The molecule has 0 bridgehead atoms. The predicted molar refractivity (Wildman–Crippen MR) is 158 cm³/mol. The van der Waals surface area contributed by atoms with Crippen molar-refractivity contribution in [1.82, 2.24) is 10.6 Å². The molecular weight excluding hydrogens is 512 g/mol. The first-order valence-corrected chi connectivity index (χ1v) is 14.1. The summed E-state index contributed by atoms with van der Waals surface area (Å²) in [6.45, 7) is -0.417. The van der Waals surface area contributed by atoms with Crippen LogP contribution >= 0.6 is 0 Å². The van der Waals surface area contributed by atoms with Crippen molar-refractivity contribution in [1.29, 1.82) is 0 Å². The van der Waals surface area contributed by atoms with Crippen molar-refractivity contribution in [3.63, 3.8) is 0 Å². The van der Waals surface area contributed by atoms with Gasteiger partial charge in [-0.25, -0.2) is 4.79 Å². The van der Waals surface area contributed by atoms with Crippen LogP contribution in [0.25, 0.3) is 0 Å². The Labute approximate surface area is 240 Å². The molecule has 208 valence electrons. The van der Waals surface area contributed by atoms with E-state index in [9.17, 15) is 14.4 Å². The molecule has 0 heterocycles. The molecule has 2 amide bonds. The van der Waals surface area contributed by atoms with Crippen molar-refractivity contribution in [2.75, 3.05) is 6.61 Å². The van der Waals surface area contributed by atoms with Crippen LogP contribution in [0.2, 0.25) is 0 Å². The minimum absolute atomic E-state index is 0.108. The molecule has 6 nitrogen and oxygen atoms in total. The largest absolute Gasteiger partial charge is 0.454 e. The van der Waals surface area contributed by atoms with Gasteiger partial charge in [-0.05, 0) is 47.1 Å². The predicted octanol–water partition coefficient (Wildman–Crippen LogP) is 5.28. The summed E-state index contributed by atoms with van der Waals surface area (Å²) in [6.07, 6.45) is 3.05. The fourth-order valence-electron chi connectivity index (χ4n) is 5.46. The zero-order valence-corrected chi connectivity index (χ0v) is 22.9. The molecule has 0 aromatic heterocycles. The molecule has 0 saturated heterocycles. The summed E-state index contributed by atoms with van der Waals surface area (Å²) >= 11 is 0. The van der Waals surface area contributed by atoms with E-state index in [0.717, 1.165) is 41.5 Å². The maximum Gasteiger partial charge on any atom is 0.329 e. The molecule has 5 rings (SSSR count). The third kappa shape index (κ3) is 7.28. The molecular formula is C35H34N2O4. The maximum atomic E-state index is 13.8. The van der Waals surface area contributed by atoms with Crippen LogP contribution in [0.15, 0.2) is 115 Å². The molecule has 6 heteroatoms. The van der Waals surface area contributed by atoms with Crippen LogP contribution in [0.5, 0.6) is 0 Å². The minimum atomic E-state index is -0.969. The van der Waals surface area contributed by atoms with Gasteiger partial charge in [-0.15, -0.1) is 0 Å². The van der Waals surface area contributed by atoms with Gasteiger partial charge in [0.15, 0.2) is 6.61 Å². The van der Waals surface area contributed by atoms with Gasteiger partial charge in [-0.3, -0.25) is 9.59 Å². The fourth-order valence-corrected chi connectivity index (χ4v) is 5.46. The van der Waals surface area contributed by atoms with Gasteiger partial charge in [0.1, 0.15) is 6.04 Å². The lowest BCUT2D eigenvalue weighted by atomic mass is 9.88. The van der Waals surface area contributed by atoms with Gasteiger partial charge in [-0.2, -0.15) is 0 Å². The molecule has 0 fully saturated rings. The molecule has 2 atom stereocenters. The van der Waals surface area contributed by atoms with E-state index in [1.54, 1.807) is 0 Å². The van der Waals surface area contributed by atoms with Crippen molar-refractivity contribution in [3.05, 3.63) is 143 Å². The molecule has 0 radical (unpaired) electrons. The highest BCUT2D eigenvalue weighted by Gasteiger charge is 2.30. The first-order valence-electron chi connectivity index (χ1n) is 14.1. The number of carbonyl (C=O) groups is 3. The van der Waals surface area contributed by atoms with E-state index >= 15 is 0 Å². The van der Waals surface area contributed by atoms with Gasteiger partial charge in [0, 0.05) is 6.42 Å². The summed E-state index contributed by atoms with van der Waals surface area (Å²) in [5.41, 5.74) is 4.85. The van der Waals surface area contributed by atoms with Crippen LogP contribution in [-0.4, -0.2) is 30.4 Å². The summed E-state index contributed by atoms with van der Waals surface area (Å²) in [6, 6.07) is 35.4. The lowest BCUT2D eigenvalue weighted by molar-refractivity contribution is -0.151. The minimum Gasteiger partial charge on any atom is -0.454 e. The normalized spacial score (nSPS) is 14.9. The Bertz CT molecular complexity index is 1420. The smallest absolute Gasteiger partial charge is 0.329 e. The number of esters is 1. The second-order valence-corrected chi connectivity index (χ2v) is 10.3. The van der Waals surface area contributed by atoms with E-state index < -0.39 is 24.5 Å². The Morgan fingerprint density at radius 3 is 2.00 bits per heavy atom. The number of hydrogen-bond donors (Lipinski definition) is 2. The first kappa shape index (κ1) is 27.8. The monoisotopic (exact) mass is 546 g/mol. The van der Waals surface area contributed by atoms with Crippen LogP contribution in [0, 0.1) is 0 Å². The molecule has 0 unspecified atom stereocenters. The van der Waals surface area contributed by atoms with E-state index in [1.807, 2.05) is 109 Å². The van der Waals surface area contributed by atoms with Gasteiger partial charge in [-0.1, -0.05) is 115 Å². The molecule has 1 aliphatic rings. The van der Waals surface area contributed by atoms with Crippen LogP contribution in [0.4, 0.5) is 0 Å². The molecule has 41 heavy (non-hydrogen) atoms. The van der Waals surface area contributed by atoms with Crippen LogP contribution in [0.1, 0.15) is 52.6 Å². The highest BCUT2D eigenvalue weighted by Crippen LogP contribution is 2.29. The van der Waals surface area contributed by atoms with Crippen LogP contribution in [0.3, 0.4) is 0 Å². The number of hydrogen-bond acceptors (Lipinski definition) is 4. The molecule has 0 spiro atoms. The zero-order chi connectivity index (χ0) is 28.4. The Morgan fingerprint density at radius 1 is 0.756 bits per heavy atom. The van der Waals surface area contributed by atoms with Crippen molar-refractivity contribution < 1.29 is 19.1 Å². The molecule has 1 aliphatic carbocycles. The second kappa shape index (κ2) is 13.6. The van der Waals surface area contributed by atoms with E-state index in [2.05, 4.69) is 16.7 Å². The van der Waals surface area contributed by atoms with Crippen molar-refractivity contribution in [2.24, 2.45) is 0 Å². The highest BCUT2D eigenvalue weighted by atomic mass is 16.5. The summed E-state index contributed by atoms with van der Waals surface area (Å²) in [4.78, 5) is 40.0. The standard InChI is InChI=1S/C35H34N2O4/c38-32(36-30-22-12-20-26-15-10-11-21-29(26)30)24-41-35(40)31(23-25-13-4-1-5-14-25)37-34(39)33(27-16-6-2-7-17-27)28-18-8-3-9-19-28/h1-11,13-19,21,30-31,33H,12,20,22-24H2,(H,36,38)(H,37,39)/t30-,31-/m0/s1. The lowest BCUT2D eigenvalue weighted by Gasteiger charge is -2.26. The van der Waals surface area contributed by atoms with Gasteiger partial charge < -0.3 is 15.4 Å². The van der Waals surface area contributed by atoms with Gasteiger partial charge in [0.05, 0.1) is 12.0 Å². The topological polar surface area (TPSA) is 84.5 Å². The summed E-state index contributed by atoms with van der Waals surface area (Å²) in [5.74, 6) is -1.95. The van der Waals surface area contributed by atoms with E-state index in [1.165, 1.54) is 5.56 Å². The van der Waals surface area contributed by atoms with E-state index in [-0.39, 0.29) is 24.3 Å². The number of benzene rings is 4. The average Bonchev–Trinajstić information content (AvgIpc) is 3.01. The number of nitrogens with one attached hydrogen (secondary N) is 2. The first-order chi connectivity index (χ1) is 20.1. The Balaban J connectivity index is 1.29. The van der Waals surface area contributed by atoms with E-state index in [4.69, 9.17) is 4.74 Å². The fraction of sp³-hybridized carbons (Fsp3) is 0.229. The van der Waals surface area contributed by atoms with E-state index in [0.29, 0.717) is 0 Å². The Hall–Kier alpha value is -4.71. The third-order valence-corrected chi connectivity index (χ3v) is 7.46. The van der Waals surface area contributed by atoms with Gasteiger partial charge in [0.25, 0.3) is 5.91 Å². The van der Waals surface area contributed by atoms with Gasteiger partial charge in [0.2, 0.25) is 5.91 Å². The number of rotatable bonds is 10. The lowest BCUT2D eigenvalue weighted by Crippen LogP contribution is -2.46. The summed E-state index contributed by atoms with van der Waals surface area (Å²) in [7, 11) is 0. The molecule has 4 aromatic rings. The molecule has 0 aliphatic heterocycles.